The van der Waals surface area contributed by atoms with Crippen molar-refractivity contribution in [3.05, 3.63) is 65.6 Å². The Bertz CT molecular complexity index is 951. The molecule has 2 aromatic carbocycles. The smallest absolute Gasteiger partial charge is 0.191 e. The van der Waals surface area contributed by atoms with Gasteiger partial charge in [0.1, 0.15) is 11.6 Å². The lowest BCUT2D eigenvalue weighted by molar-refractivity contribution is 0.406. The normalized spacial score (nSPS) is 12.8. The number of hydrogen-bond acceptors (Lipinski definition) is 2. The molecule has 3 aromatic rings. The molecule has 1 atom stereocenters. The van der Waals surface area contributed by atoms with Crippen LogP contribution in [0, 0.1) is 5.82 Å². The highest BCUT2D eigenvalue weighted by Crippen LogP contribution is 2.25. The summed E-state index contributed by atoms with van der Waals surface area (Å²) in [6, 6.07) is 12.9. The molecule has 0 aliphatic carbocycles. The van der Waals surface area contributed by atoms with Crippen LogP contribution in [-0.2, 0) is 6.42 Å². The Morgan fingerprint density at radius 1 is 1.21 bits per heavy atom. The van der Waals surface area contributed by atoms with Crippen molar-refractivity contribution in [2.24, 2.45) is 4.99 Å². The molecule has 5 nitrogen and oxygen atoms in total. The van der Waals surface area contributed by atoms with Gasteiger partial charge in [-0.3, -0.25) is 4.99 Å². The van der Waals surface area contributed by atoms with Crippen LogP contribution in [0.1, 0.15) is 24.0 Å². The molecular formula is C22H27FN4O. The zero-order valence-electron chi connectivity index (χ0n) is 16.6. The molecular weight excluding hydrogens is 355 g/mol. The van der Waals surface area contributed by atoms with E-state index in [4.69, 9.17) is 4.74 Å². The fourth-order valence-electron chi connectivity index (χ4n) is 3.33. The molecule has 0 amide bonds. The average molecular weight is 382 g/mol. The number of aromatic amines is 1. The lowest BCUT2D eigenvalue weighted by Gasteiger charge is -2.18. The molecule has 0 radical (unpaired) electrons. The Morgan fingerprint density at radius 2 is 2.04 bits per heavy atom. The van der Waals surface area contributed by atoms with Crippen LogP contribution < -0.4 is 15.4 Å². The van der Waals surface area contributed by atoms with Crippen LogP contribution in [0.3, 0.4) is 0 Å². The highest BCUT2D eigenvalue weighted by Gasteiger charge is 2.11. The first-order valence-electron chi connectivity index (χ1n) is 9.45. The molecule has 0 aliphatic heterocycles. The summed E-state index contributed by atoms with van der Waals surface area (Å²) in [5.41, 5.74) is 3.14. The van der Waals surface area contributed by atoms with E-state index in [2.05, 4.69) is 33.6 Å². The summed E-state index contributed by atoms with van der Waals surface area (Å²) in [6.07, 6.45) is 2.75. The van der Waals surface area contributed by atoms with E-state index in [0.717, 1.165) is 47.7 Å². The Morgan fingerprint density at radius 3 is 2.82 bits per heavy atom. The maximum atomic E-state index is 13.3. The van der Waals surface area contributed by atoms with Crippen LogP contribution in [-0.4, -0.2) is 38.2 Å². The topological polar surface area (TPSA) is 61.4 Å². The summed E-state index contributed by atoms with van der Waals surface area (Å²) < 4.78 is 18.8. The number of para-hydroxylation sites is 1. The van der Waals surface area contributed by atoms with E-state index < -0.39 is 0 Å². The summed E-state index contributed by atoms with van der Waals surface area (Å²) in [5.74, 6) is 1.70. The van der Waals surface area contributed by atoms with E-state index >= 15 is 0 Å². The van der Waals surface area contributed by atoms with E-state index in [1.165, 1.54) is 17.7 Å². The Hall–Kier alpha value is -3.02. The monoisotopic (exact) mass is 382 g/mol. The molecule has 3 N–H and O–H groups in total. The second-order valence-electron chi connectivity index (χ2n) is 6.78. The predicted octanol–water partition coefficient (Wildman–Crippen LogP) is 3.83. The number of rotatable bonds is 7. The lowest BCUT2D eigenvalue weighted by atomic mass is 10.0. The minimum Gasteiger partial charge on any atom is -0.496 e. The number of ether oxygens (including phenoxy) is 1. The molecule has 28 heavy (non-hydrogen) atoms. The van der Waals surface area contributed by atoms with E-state index in [0.29, 0.717) is 0 Å². The fourth-order valence-corrected chi connectivity index (χ4v) is 3.33. The summed E-state index contributed by atoms with van der Waals surface area (Å²) in [5, 5.41) is 7.76. The number of nitrogens with one attached hydrogen (secondary N) is 3. The van der Waals surface area contributed by atoms with E-state index in [1.54, 1.807) is 14.2 Å². The van der Waals surface area contributed by atoms with Gasteiger partial charge >= 0.3 is 0 Å². The average Bonchev–Trinajstić information content (AvgIpc) is 3.12. The zero-order chi connectivity index (χ0) is 19.9. The number of hydrogen-bond donors (Lipinski definition) is 3. The number of guanidine groups is 1. The van der Waals surface area contributed by atoms with Gasteiger partial charge in [-0.15, -0.1) is 0 Å². The Labute approximate surface area is 165 Å². The first-order valence-corrected chi connectivity index (χ1v) is 9.45. The van der Waals surface area contributed by atoms with Gasteiger partial charge in [-0.1, -0.05) is 25.1 Å². The first kappa shape index (κ1) is 19.7. The van der Waals surface area contributed by atoms with Gasteiger partial charge in [0, 0.05) is 43.2 Å². The van der Waals surface area contributed by atoms with Gasteiger partial charge in [-0.25, -0.2) is 4.39 Å². The number of benzene rings is 2. The maximum absolute atomic E-state index is 13.3. The van der Waals surface area contributed by atoms with Gasteiger partial charge in [0.05, 0.1) is 7.11 Å². The van der Waals surface area contributed by atoms with Gasteiger partial charge in [0.15, 0.2) is 5.96 Å². The number of fused-ring (bicyclic) bond motifs is 1. The fraction of sp³-hybridized carbons (Fsp3) is 0.318. The second kappa shape index (κ2) is 9.26. The summed E-state index contributed by atoms with van der Waals surface area (Å²) in [7, 11) is 3.45. The molecule has 0 saturated carbocycles. The number of halogens is 1. The van der Waals surface area contributed by atoms with Gasteiger partial charge < -0.3 is 20.4 Å². The van der Waals surface area contributed by atoms with Crippen LogP contribution in [0.5, 0.6) is 5.75 Å². The summed E-state index contributed by atoms with van der Waals surface area (Å²) in [6.45, 7) is 3.63. The minimum absolute atomic E-state index is 0.229. The number of aliphatic imine (C=N–C) groups is 1. The van der Waals surface area contributed by atoms with Crippen molar-refractivity contribution in [2.45, 2.75) is 19.3 Å². The Kier molecular flexibility index (Phi) is 6.53. The third kappa shape index (κ3) is 4.63. The van der Waals surface area contributed by atoms with Gasteiger partial charge in [-0.2, -0.15) is 0 Å². The van der Waals surface area contributed by atoms with Crippen LogP contribution in [0.4, 0.5) is 4.39 Å². The number of aromatic nitrogens is 1. The van der Waals surface area contributed by atoms with Crippen LogP contribution >= 0.6 is 0 Å². The van der Waals surface area contributed by atoms with E-state index in [-0.39, 0.29) is 11.7 Å². The molecule has 0 saturated heterocycles. The molecule has 0 bridgehead atoms. The highest BCUT2D eigenvalue weighted by atomic mass is 19.1. The molecule has 1 heterocycles. The van der Waals surface area contributed by atoms with Crippen molar-refractivity contribution in [3.63, 3.8) is 0 Å². The summed E-state index contributed by atoms with van der Waals surface area (Å²) >= 11 is 0. The lowest BCUT2D eigenvalue weighted by Crippen LogP contribution is -2.39. The third-order valence-electron chi connectivity index (χ3n) is 4.89. The standard InChI is InChI=1S/C22H27FN4O/c1-15(18-6-4-5-7-21(18)28-3)13-27-22(24-2)25-11-10-16-14-26-20-12-17(23)8-9-19(16)20/h4-9,12,14-15,26H,10-11,13H2,1-3H3,(H2,24,25,27). The zero-order valence-corrected chi connectivity index (χ0v) is 16.6. The van der Waals surface area contributed by atoms with Crippen LogP contribution in [0.15, 0.2) is 53.7 Å². The van der Waals surface area contributed by atoms with Gasteiger partial charge in [0.25, 0.3) is 0 Å². The Balaban J connectivity index is 1.52. The molecule has 1 unspecified atom stereocenters. The second-order valence-corrected chi connectivity index (χ2v) is 6.78. The van der Waals surface area contributed by atoms with Crippen molar-refractivity contribution in [2.75, 3.05) is 27.2 Å². The van der Waals surface area contributed by atoms with Crippen molar-refractivity contribution < 1.29 is 9.13 Å². The number of nitrogens with zero attached hydrogens (tertiary/aromatic N) is 1. The van der Waals surface area contributed by atoms with Gasteiger partial charge in [0.2, 0.25) is 0 Å². The first-order chi connectivity index (χ1) is 13.6. The predicted molar refractivity (Wildman–Crippen MR) is 113 cm³/mol. The van der Waals surface area contributed by atoms with Crippen molar-refractivity contribution in [3.8, 4) is 5.75 Å². The molecule has 0 aliphatic rings. The minimum atomic E-state index is -0.229. The van der Waals surface area contributed by atoms with Gasteiger partial charge in [-0.05, 0) is 41.8 Å². The molecule has 1 aromatic heterocycles. The summed E-state index contributed by atoms with van der Waals surface area (Å²) in [4.78, 5) is 7.42. The quantitative estimate of drug-likeness (QED) is 0.430. The van der Waals surface area contributed by atoms with E-state index in [9.17, 15) is 4.39 Å². The molecule has 0 spiro atoms. The molecule has 0 fully saturated rings. The SMILES string of the molecule is CN=C(NCCc1c[nH]c2cc(F)ccc12)NCC(C)c1ccccc1OC. The van der Waals surface area contributed by atoms with Crippen molar-refractivity contribution >= 4 is 16.9 Å². The number of methoxy groups -OCH3 is 1. The van der Waals surface area contributed by atoms with Crippen molar-refractivity contribution in [1.82, 2.24) is 15.6 Å². The largest absolute Gasteiger partial charge is 0.496 e. The molecule has 6 heteroatoms. The van der Waals surface area contributed by atoms with Crippen molar-refractivity contribution in [1.29, 1.82) is 0 Å². The molecule has 148 valence electrons. The van der Waals surface area contributed by atoms with E-state index in [1.807, 2.05) is 30.5 Å². The molecule has 3 rings (SSSR count). The van der Waals surface area contributed by atoms with Crippen LogP contribution in [0.2, 0.25) is 0 Å². The maximum Gasteiger partial charge on any atom is 0.191 e. The van der Waals surface area contributed by atoms with Crippen LogP contribution in [0.25, 0.3) is 10.9 Å². The number of H-pyrrole nitrogens is 1. The highest BCUT2D eigenvalue weighted by molar-refractivity contribution is 5.83. The third-order valence-corrected chi connectivity index (χ3v) is 4.89.